The fourth-order valence-corrected chi connectivity index (χ4v) is 1.15. The Balaban J connectivity index is 2.62. The molecule has 4 heteroatoms. The molecule has 12 heavy (non-hydrogen) atoms. The van der Waals surface area contributed by atoms with E-state index in [0.717, 1.165) is 17.0 Å². The van der Waals surface area contributed by atoms with Crippen molar-refractivity contribution in [1.29, 1.82) is 0 Å². The zero-order valence-electron chi connectivity index (χ0n) is 6.58. The lowest BCUT2D eigenvalue weighted by Crippen LogP contribution is -1.85. The van der Waals surface area contributed by atoms with Crippen molar-refractivity contribution in [1.82, 2.24) is 15.0 Å². The molecule has 0 bridgehead atoms. The van der Waals surface area contributed by atoms with Gasteiger partial charge >= 0.3 is 0 Å². The molecule has 1 unspecified atom stereocenters. The minimum atomic E-state index is -0.0980. The second-order valence-corrected chi connectivity index (χ2v) is 3.26. The molecule has 2 aromatic heterocycles. The summed E-state index contributed by atoms with van der Waals surface area (Å²) in [5.41, 5.74) is 1.65. The van der Waals surface area contributed by atoms with Gasteiger partial charge in [0.1, 0.15) is 11.3 Å². The third kappa shape index (κ3) is 1.16. The van der Waals surface area contributed by atoms with E-state index in [1.54, 1.807) is 6.20 Å². The number of hydrogen-bond donors (Lipinski definition) is 1. The van der Waals surface area contributed by atoms with Crippen LogP contribution < -0.4 is 0 Å². The lowest BCUT2D eigenvalue weighted by molar-refractivity contribution is 0.960. The summed E-state index contributed by atoms with van der Waals surface area (Å²) in [4.78, 5) is 11.4. The van der Waals surface area contributed by atoms with Crippen molar-refractivity contribution < 1.29 is 0 Å². The summed E-state index contributed by atoms with van der Waals surface area (Å²) < 4.78 is 0. The topological polar surface area (TPSA) is 41.6 Å². The van der Waals surface area contributed by atoms with Gasteiger partial charge in [0.15, 0.2) is 5.65 Å². The first-order valence-corrected chi connectivity index (χ1v) is 4.16. The largest absolute Gasteiger partial charge is 0.325 e. The van der Waals surface area contributed by atoms with Gasteiger partial charge in [-0.2, -0.15) is 0 Å². The number of nitrogens with one attached hydrogen (secondary N) is 1. The van der Waals surface area contributed by atoms with E-state index < -0.39 is 0 Å². The van der Waals surface area contributed by atoms with Crippen molar-refractivity contribution in [2.45, 2.75) is 12.3 Å². The van der Waals surface area contributed by atoms with Crippen LogP contribution in [0, 0.1) is 0 Å². The van der Waals surface area contributed by atoms with Crippen molar-refractivity contribution in [3.63, 3.8) is 0 Å². The molecular weight excluding hydrogens is 174 g/mol. The standard InChI is InChI=1S/C8H8ClN3/c1-5(9)7-11-6-3-2-4-10-8(6)12-7/h2-5H,1H3,(H,10,11,12). The predicted molar refractivity (Wildman–Crippen MR) is 48.2 cm³/mol. The van der Waals surface area contributed by atoms with Crippen molar-refractivity contribution in [2.24, 2.45) is 0 Å². The Morgan fingerprint density at radius 3 is 3.08 bits per heavy atom. The number of aromatic amines is 1. The molecule has 2 rings (SSSR count). The van der Waals surface area contributed by atoms with E-state index in [2.05, 4.69) is 15.0 Å². The Morgan fingerprint density at radius 2 is 2.42 bits per heavy atom. The first-order valence-electron chi connectivity index (χ1n) is 3.72. The molecule has 1 atom stereocenters. The van der Waals surface area contributed by atoms with Crippen LogP contribution in [0.2, 0.25) is 0 Å². The summed E-state index contributed by atoms with van der Waals surface area (Å²) in [6.45, 7) is 1.87. The monoisotopic (exact) mass is 181 g/mol. The van der Waals surface area contributed by atoms with Gasteiger partial charge in [0.25, 0.3) is 0 Å². The van der Waals surface area contributed by atoms with Crippen molar-refractivity contribution in [3.8, 4) is 0 Å². The average Bonchev–Trinajstić information content (AvgIpc) is 2.46. The van der Waals surface area contributed by atoms with E-state index in [1.807, 2.05) is 19.1 Å². The number of rotatable bonds is 1. The number of H-pyrrole nitrogens is 1. The zero-order valence-corrected chi connectivity index (χ0v) is 7.34. The maximum Gasteiger partial charge on any atom is 0.157 e. The molecule has 0 fully saturated rings. The number of aromatic nitrogens is 3. The van der Waals surface area contributed by atoms with E-state index in [-0.39, 0.29) is 5.38 Å². The first-order chi connectivity index (χ1) is 5.77. The maximum absolute atomic E-state index is 5.85. The number of nitrogens with zero attached hydrogens (tertiary/aromatic N) is 2. The highest BCUT2D eigenvalue weighted by atomic mass is 35.5. The Kier molecular flexibility index (Phi) is 1.73. The summed E-state index contributed by atoms with van der Waals surface area (Å²) in [5.74, 6) is 0.769. The molecule has 62 valence electrons. The fourth-order valence-electron chi connectivity index (χ4n) is 1.05. The van der Waals surface area contributed by atoms with Crippen LogP contribution in [0.1, 0.15) is 18.1 Å². The van der Waals surface area contributed by atoms with E-state index in [4.69, 9.17) is 11.6 Å². The molecule has 2 heterocycles. The van der Waals surface area contributed by atoms with Crippen LogP contribution in [-0.2, 0) is 0 Å². The van der Waals surface area contributed by atoms with Crippen LogP contribution >= 0.6 is 11.6 Å². The highest BCUT2D eigenvalue weighted by Gasteiger charge is 2.06. The quantitative estimate of drug-likeness (QED) is 0.686. The van der Waals surface area contributed by atoms with Crippen LogP contribution in [0.3, 0.4) is 0 Å². The van der Waals surface area contributed by atoms with Gasteiger partial charge in [-0.1, -0.05) is 0 Å². The van der Waals surface area contributed by atoms with Gasteiger partial charge in [0.2, 0.25) is 0 Å². The Bertz CT molecular complexity index is 361. The molecule has 0 radical (unpaired) electrons. The number of pyridine rings is 1. The number of alkyl halides is 1. The number of hydrogen-bond acceptors (Lipinski definition) is 2. The molecule has 0 spiro atoms. The third-order valence-corrected chi connectivity index (χ3v) is 1.86. The number of imidazole rings is 1. The molecule has 0 saturated carbocycles. The van der Waals surface area contributed by atoms with Gasteiger partial charge in [0.05, 0.1) is 5.38 Å². The van der Waals surface area contributed by atoms with Crippen LogP contribution in [0.5, 0.6) is 0 Å². The molecule has 0 aliphatic heterocycles. The van der Waals surface area contributed by atoms with Crippen LogP contribution in [0.4, 0.5) is 0 Å². The number of halogens is 1. The smallest absolute Gasteiger partial charge is 0.157 e. The van der Waals surface area contributed by atoms with Crippen LogP contribution in [0.15, 0.2) is 18.3 Å². The summed E-state index contributed by atoms with van der Waals surface area (Å²) in [6.07, 6.45) is 1.73. The van der Waals surface area contributed by atoms with Gasteiger partial charge < -0.3 is 4.98 Å². The highest BCUT2D eigenvalue weighted by molar-refractivity contribution is 6.20. The molecule has 3 nitrogen and oxygen atoms in total. The van der Waals surface area contributed by atoms with Crippen LogP contribution in [-0.4, -0.2) is 15.0 Å². The predicted octanol–water partition coefficient (Wildman–Crippen LogP) is 2.26. The average molecular weight is 182 g/mol. The van der Waals surface area contributed by atoms with Gasteiger partial charge in [-0.05, 0) is 19.1 Å². The summed E-state index contributed by atoms with van der Waals surface area (Å²) in [6, 6.07) is 3.76. The van der Waals surface area contributed by atoms with E-state index in [9.17, 15) is 0 Å². The van der Waals surface area contributed by atoms with Crippen molar-refractivity contribution in [2.75, 3.05) is 0 Å². The molecular formula is C8H8ClN3. The fraction of sp³-hybridized carbons (Fsp3) is 0.250. The van der Waals surface area contributed by atoms with Gasteiger partial charge in [-0.3, -0.25) is 0 Å². The second kappa shape index (κ2) is 2.75. The lowest BCUT2D eigenvalue weighted by atomic mass is 10.4. The normalized spacial score (nSPS) is 13.5. The third-order valence-electron chi connectivity index (χ3n) is 1.65. The molecule has 0 amide bonds. The number of fused-ring (bicyclic) bond motifs is 1. The molecule has 0 saturated heterocycles. The molecule has 0 aliphatic carbocycles. The van der Waals surface area contributed by atoms with Crippen molar-refractivity contribution >= 4 is 22.8 Å². The second-order valence-electron chi connectivity index (χ2n) is 2.61. The maximum atomic E-state index is 5.85. The van der Waals surface area contributed by atoms with Crippen LogP contribution in [0.25, 0.3) is 11.2 Å². The van der Waals surface area contributed by atoms with Gasteiger partial charge in [0, 0.05) is 6.20 Å². The Labute approximate surface area is 74.8 Å². The Morgan fingerprint density at radius 1 is 1.58 bits per heavy atom. The van der Waals surface area contributed by atoms with E-state index >= 15 is 0 Å². The summed E-state index contributed by atoms with van der Waals surface area (Å²) in [5, 5.41) is -0.0980. The molecule has 2 aromatic rings. The summed E-state index contributed by atoms with van der Waals surface area (Å²) in [7, 11) is 0. The van der Waals surface area contributed by atoms with Gasteiger partial charge in [-0.15, -0.1) is 11.6 Å². The first kappa shape index (κ1) is 7.55. The minimum Gasteiger partial charge on any atom is -0.325 e. The van der Waals surface area contributed by atoms with E-state index in [0.29, 0.717) is 0 Å². The van der Waals surface area contributed by atoms with Gasteiger partial charge in [-0.25, -0.2) is 9.97 Å². The zero-order chi connectivity index (χ0) is 8.55. The molecule has 1 N–H and O–H groups in total. The lowest BCUT2D eigenvalue weighted by Gasteiger charge is -1.92. The minimum absolute atomic E-state index is 0.0980. The highest BCUT2D eigenvalue weighted by Crippen LogP contribution is 2.18. The molecule has 0 aliphatic rings. The molecule has 0 aromatic carbocycles. The SMILES string of the molecule is CC(Cl)c1nc2cccnc2[nH]1. The Hall–Kier alpha value is -1.09. The van der Waals surface area contributed by atoms with Crippen molar-refractivity contribution in [3.05, 3.63) is 24.2 Å². The van der Waals surface area contributed by atoms with E-state index in [1.165, 1.54) is 0 Å². The summed E-state index contributed by atoms with van der Waals surface area (Å²) >= 11 is 5.85.